The van der Waals surface area contributed by atoms with E-state index in [-0.39, 0.29) is 6.42 Å². The maximum absolute atomic E-state index is 12.6. The van der Waals surface area contributed by atoms with E-state index in [1.165, 1.54) is 6.07 Å². The van der Waals surface area contributed by atoms with Gasteiger partial charge >= 0.3 is 12.1 Å². The van der Waals surface area contributed by atoms with Crippen LogP contribution in [0.1, 0.15) is 29.0 Å². The van der Waals surface area contributed by atoms with Crippen molar-refractivity contribution in [3.05, 3.63) is 34.9 Å². The second kappa shape index (κ2) is 4.61. The number of hydrogen-bond donors (Lipinski definition) is 2. The molecule has 3 nitrogen and oxygen atoms in total. The third-order valence-electron chi connectivity index (χ3n) is 3.04. The molecule has 0 bridgehead atoms. The van der Waals surface area contributed by atoms with Crippen molar-refractivity contribution in [1.29, 1.82) is 0 Å². The van der Waals surface area contributed by atoms with Crippen LogP contribution in [-0.2, 0) is 17.5 Å². The van der Waals surface area contributed by atoms with Crippen LogP contribution < -0.4 is 5.32 Å². The topological polar surface area (TPSA) is 49.3 Å². The first-order valence-electron chi connectivity index (χ1n) is 5.50. The first-order chi connectivity index (χ1) is 8.38. The molecule has 0 aliphatic carbocycles. The molecule has 0 saturated carbocycles. The van der Waals surface area contributed by atoms with Crippen molar-refractivity contribution in [3.63, 3.8) is 0 Å². The lowest BCUT2D eigenvalue weighted by Gasteiger charge is -2.26. The second-order valence-corrected chi connectivity index (χ2v) is 4.34. The fourth-order valence-corrected chi connectivity index (χ4v) is 2.20. The summed E-state index contributed by atoms with van der Waals surface area (Å²) < 4.78 is 37.8. The van der Waals surface area contributed by atoms with E-state index < -0.39 is 23.6 Å². The zero-order valence-electron chi connectivity index (χ0n) is 9.42. The van der Waals surface area contributed by atoms with E-state index in [1.54, 1.807) is 0 Å². The number of benzene rings is 1. The van der Waals surface area contributed by atoms with Crippen molar-refractivity contribution < 1.29 is 23.1 Å². The van der Waals surface area contributed by atoms with Gasteiger partial charge in [0.1, 0.15) is 0 Å². The van der Waals surface area contributed by atoms with Crippen molar-refractivity contribution >= 4 is 5.97 Å². The predicted molar refractivity (Wildman–Crippen MR) is 58.1 cm³/mol. The van der Waals surface area contributed by atoms with Gasteiger partial charge in [0.05, 0.1) is 12.0 Å². The molecular formula is C12H12F3NO2. The summed E-state index contributed by atoms with van der Waals surface area (Å²) in [5.74, 6) is -1.42. The van der Waals surface area contributed by atoms with Crippen molar-refractivity contribution in [2.75, 3.05) is 6.54 Å². The highest BCUT2D eigenvalue weighted by atomic mass is 19.4. The summed E-state index contributed by atoms with van der Waals surface area (Å²) in [6.45, 7) is 0.865. The molecule has 18 heavy (non-hydrogen) atoms. The normalized spacial score (nSPS) is 19.4. The van der Waals surface area contributed by atoms with E-state index in [4.69, 9.17) is 5.11 Å². The molecular weight excluding hydrogens is 247 g/mol. The van der Waals surface area contributed by atoms with E-state index in [0.29, 0.717) is 18.7 Å². The van der Waals surface area contributed by atoms with Gasteiger partial charge in [-0.3, -0.25) is 4.79 Å². The molecule has 1 heterocycles. The molecule has 1 aromatic rings. The van der Waals surface area contributed by atoms with Gasteiger partial charge in [0, 0.05) is 19.0 Å². The zero-order chi connectivity index (χ0) is 13.3. The Kier molecular flexibility index (Phi) is 3.30. The lowest BCUT2D eigenvalue weighted by Crippen LogP contribution is -2.30. The number of hydrogen-bond acceptors (Lipinski definition) is 2. The van der Waals surface area contributed by atoms with Gasteiger partial charge in [0.25, 0.3) is 0 Å². The van der Waals surface area contributed by atoms with E-state index in [1.807, 2.05) is 0 Å². The van der Waals surface area contributed by atoms with Crippen LogP contribution >= 0.6 is 0 Å². The molecule has 1 unspecified atom stereocenters. The van der Waals surface area contributed by atoms with Crippen LogP contribution in [0, 0.1) is 0 Å². The van der Waals surface area contributed by atoms with Crippen molar-refractivity contribution in [1.82, 2.24) is 5.32 Å². The number of rotatable bonds is 2. The van der Waals surface area contributed by atoms with E-state index in [9.17, 15) is 18.0 Å². The highest BCUT2D eigenvalue weighted by Gasteiger charge is 2.32. The van der Waals surface area contributed by atoms with Gasteiger partial charge in [0.15, 0.2) is 0 Å². The fraction of sp³-hybridized carbons (Fsp3) is 0.417. The van der Waals surface area contributed by atoms with Gasteiger partial charge in [-0.1, -0.05) is 6.07 Å². The van der Waals surface area contributed by atoms with Gasteiger partial charge < -0.3 is 10.4 Å². The third kappa shape index (κ3) is 2.64. The van der Waals surface area contributed by atoms with Crippen molar-refractivity contribution in [3.8, 4) is 0 Å². The monoisotopic (exact) mass is 259 g/mol. The average molecular weight is 259 g/mol. The number of carboxylic acids is 1. The average Bonchev–Trinajstić information content (AvgIpc) is 2.27. The summed E-state index contributed by atoms with van der Waals surface area (Å²) in [7, 11) is 0. The molecule has 1 aromatic carbocycles. The first kappa shape index (κ1) is 12.9. The number of nitrogens with one attached hydrogen (secondary N) is 1. The van der Waals surface area contributed by atoms with Gasteiger partial charge in [0.2, 0.25) is 0 Å². The van der Waals surface area contributed by atoms with E-state index in [2.05, 4.69) is 5.32 Å². The fourth-order valence-electron chi connectivity index (χ4n) is 2.20. The molecule has 0 spiro atoms. The first-order valence-corrected chi connectivity index (χ1v) is 5.50. The number of carboxylic acid groups (broad SMARTS) is 1. The Labute approximate surface area is 102 Å². The minimum absolute atomic E-state index is 0.165. The Hall–Kier alpha value is -1.56. The van der Waals surface area contributed by atoms with Crippen LogP contribution in [0.25, 0.3) is 0 Å². The maximum atomic E-state index is 12.6. The summed E-state index contributed by atoms with van der Waals surface area (Å²) in [4.78, 5) is 10.7. The highest BCUT2D eigenvalue weighted by molar-refractivity contribution is 5.68. The Morgan fingerprint density at radius 2 is 2.17 bits per heavy atom. The SMILES string of the molecule is O=C(O)CC1CNCc2ccc(C(F)(F)F)cc21. The standard InChI is InChI=1S/C12H12F3NO2/c13-12(14,15)9-2-1-7-5-16-6-8(3-11(17)18)10(7)4-9/h1-2,4,8,16H,3,5-6H2,(H,17,18). The quantitative estimate of drug-likeness (QED) is 0.857. The number of fused-ring (bicyclic) bond motifs is 1. The molecule has 98 valence electrons. The van der Waals surface area contributed by atoms with Crippen molar-refractivity contribution in [2.45, 2.75) is 25.1 Å². The number of aliphatic carboxylic acids is 1. The molecule has 0 fully saturated rings. The molecule has 2 N–H and O–H groups in total. The molecule has 2 rings (SSSR count). The van der Waals surface area contributed by atoms with Gasteiger partial charge in [-0.05, 0) is 23.3 Å². The van der Waals surface area contributed by atoms with Crippen LogP contribution in [0.3, 0.4) is 0 Å². The number of alkyl halides is 3. The Balaban J connectivity index is 2.38. The molecule has 1 aliphatic rings. The molecule has 1 atom stereocenters. The smallest absolute Gasteiger partial charge is 0.416 e. The molecule has 0 radical (unpaired) electrons. The van der Waals surface area contributed by atoms with Crippen LogP contribution in [0.5, 0.6) is 0 Å². The zero-order valence-corrected chi connectivity index (χ0v) is 9.42. The van der Waals surface area contributed by atoms with E-state index in [0.717, 1.165) is 17.7 Å². The Morgan fingerprint density at radius 1 is 1.44 bits per heavy atom. The summed E-state index contributed by atoms with van der Waals surface area (Å²) in [5.41, 5.74) is 0.505. The van der Waals surface area contributed by atoms with Crippen molar-refractivity contribution in [2.24, 2.45) is 0 Å². The number of carbonyl (C=O) groups is 1. The third-order valence-corrected chi connectivity index (χ3v) is 3.04. The summed E-state index contributed by atoms with van der Waals surface area (Å²) in [6, 6.07) is 3.52. The van der Waals surface area contributed by atoms with E-state index >= 15 is 0 Å². The minimum Gasteiger partial charge on any atom is -0.481 e. The second-order valence-electron chi connectivity index (χ2n) is 4.34. The number of halogens is 3. The molecule has 1 aliphatic heterocycles. The minimum atomic E-state index is -4.40. The van der Waals surface area contributed by atoms with Gasteiger partial charge in [-0.15, -0.1) is 0 Å². The summed E-state index contributed by atoms with van der Waals surface area (Å²) in [6.07, 6.45) is -4.56. The molecule has 0 aromatic heterocycles. The van der Waals surface area contributed by atoms with Crippen LogP contribution in [0.2, 0.25) is 0 Å². The van der Waals surface area contributed by atoms with Crippen LogP contribution in [0.15, 0.2) is 18.2 Å². The van der Waals surface area contributed by atoms with Gasteiger partial charge in [-0.25, -0.2) is 0 Å². The summed E-state index contributed by atoms with van der Waals surface area (Å²) in [5, 5.41) is 11.8. The lowest BCUT2D eigenvalue weighted by atomic mass is 9.87. The van der Waals surface area contributed by atoms with Crippen LogP contribution in [-0.4, -0.2) is 17.6 Å². The molecule has 0 saturated heterocycles. The largest absolute Gasteiger partial charge is 0.481 e. The van der Waals surface area contributed by atoms with Crippen LogP contribution in [0.4, 0.5) is 13.2 Å². The molecule has 0 amide bonds. The summed E-state index contributed by atoms with van der Waals surface area (Å²) >= 11 is 0. The lowest BCUT2D eigenvalue weighted by molar-refractivity contribution is -0.138. The Morgan fingerprint density at radius 3 is 2.78 bits per heavy atom. The van der Waals surface area contributed by atoms with Gasteiger partial charge in [-0.2, -0.15) is 13.2 Å². The predicted octanol–water partition coefficient (Wildman–Crippen LogP) is 2.37. The maximum Gasteiger partial charge on any atom is 0.416 e. The molecule has 6 heteroatoms. The Bertz CT molecular complexity index is 471. The highest BCUT2D eigenvalue weighted by Crippen LogP contribution is 2.34.